The normalized spacial score (nSPS) is 21.3. The van der Waals surface area contributed by atoms with Gasteiger partial charge in [-0.25, -0.2) is 0 Å². The molecule has 2 rings (SSSR count). The minimum atomic E-state index is -4.49. The molecule has 2 unspecified atom stereocenters. The van der Waals surface area contributed by atoms with E-state index in [0.717, 1.165) is 0 Å². The Hall–Kier alpha value is -0.780. The summed E-state index contributed by atoms with van der Waals surface area (Å²) in [7, 11) is 0. The van der Waals surface area contributed by atoms with Gasteiger partial charge in [-0.3, -0.25) is 0 Å². The molecule has 1 fully saturated rings. The van der Waals surface area contributed by atoms with Gasteiger partial charge in [0, 0.05) is 10.6 Å². The average Bonchev–Trinajstić information content (AvgIpc) is 3.03. The van der Waals surface area contributed by atoms with Crippen LogP contribution in [-0.4, -0.2) is 25.5 Å². The number of hydrogen-bond donors (Lipinski definition) is 0. The minimum Gasteiger partial charge on any atom is -0.371 e. The van der Waals surface area contributed by atoms with Crippen molar-refractivity contribution in [1.29, 1.82) is 0 Å². The first-order valence-electron chi connectivity index (χ1n) is 5.03. The molecule has 0 spiro atoms. The molecule has 2 atom stereocenters. The molecule has 0 N–H and O–H groups in total. The van der Waals surface area contributed by atoms with E-state index in [2.05, 4.69) is 0 Å². The Morgan fingerprint density at radius 2 is 2.06 bits per heavy atom. The van der Waals surface area contributed by atoms with Crippen LogP contribution in [0.3, 0.4) is 0 Å². The van der Waals surface area contributed by atoms with Crippen LogP contribution in [0.25, 0.3) is 0 Å². The van der Waals surface area contributed by atoms with Crippen LogP contribution in [0.15, 0.2) is 24.3 Å². The summed E-state index contributed by atoms with van der Waals surface area (Å²) in [6.45, 7) is 0.377. The highest BCUT2D eigenvalue weighted by Gasteiger charge is 2.43. The third-order valence-electron chi connectivity index (χ3n) is 2.34. The van der Waals surface area contributed by atoms with Crippen molar-refractivity contribution in [3.8, 4) is 0 Å². The maximum Gasteiger partial charge on any atom is 0.418 e. The first kappa shape index (κ1) is 12.7. The van der Waals surface area contributed by atoms with Gasteiger partial charge < -0.3 is 9.47 Å². The van der Waals surface area contributed by atoms with Crippen LogP contribution in [0, 0.1) is 0 Å². The monoisotopic (exact) mass is 266 g/mol. The third-order valence-corrected chi connectivity index (χ3v) is 2.68. The van der Waals surface area contributed by atoms with Crippen LogP contribution in [0.2, 0.25) is 5.02 Å². The Kier molecular flexibility index (Phi) is 3.61. The van der Waals surface area contributed by atoms with Gasteiger partial charge in [0.2, 0.25) is 0 Å². The van der Waals surface area contributed by atoms with Gasteiger partial charge in [-0.1, -0.05) is 29.8 Å². The molecule has 1 aromatic rings. The standard InChI is InChI=1S/C11H10ClF3O2/c12-9-4-2-1-3-8(9)10(11(13,14)15)17-6-7-5-16-7/h1-4,7,10H,5-6H2. The van der Waals surface area contributed by atoms with E-state index in [1.807, 2.05) is 0 Å². The molecule has 1 saturated heterocycles. The summed E-state index contributed by atoms with van der Waals surface area (Å²) in [6, 6.07) is 5.79. The number of rotatable bonds is 4. The predicted octanol–water partition coefficient (Wildman–Crippen LogP) is 3.36. The zero-order valence-corrected chi connectivity index (χ0v) is 9.46. The lowest BCUT2D eigenvalue weighted by Gasteiger charge is -2.21. The summed E-state index contributed by atoms with van der Waals surface area (Å²) < 4.78 is 48.2. The van der Waals surface area contributed by atoms with Crippen molar-refractivity contribution in [1.82, 2.24) is 0 Å². The van der Waals surface area contributed by atoms with Crippen LogP contribution in [0.1, 0.15) is 11.7 Å². The summed E-state index contributed by atoms with van der Waals surface area (Å²) in [6.07, 6.45) is -6.71. The van der Waals surface area contributed by atoms with E-state index in [-0.39, 0.29) is 23.3 Å². The lowest BCUT2D eigenvalue weighted by Crippen LogP contribution is -2.25. The number of alkyl halides is 3. The van der Waals surface area contributed by atoms with E-state index in [0.29, 0.717) is 6.61 Å². The molecule has 1 aliphatic rings. The second-order valence-electron chi connectivity index (χ2n) is 3.73. The first-order chi connectivity index (χ1) is 7.98. The Bertz CT molecular complexity index is 391. The van der Waals surface area contributed by atoms with Gasteiger partial charge in [-0.15, -0.1) is 0 Å². The Morgan fingerprint density at radius 3 is 2.59 bits per heavy atom. The maximum absolute atomic E-state index is 12.8. The van der Waals surface area contributed by atoms with Gasteiger partial charge >= 0.3 is 6.18 Å². The van der Waals surface area contributed by atoms with Crippen molar-refractivity contribution in [3.05, 3.63) is 34.9 Å². The molecule has 0 bridgehead atoms. The van der Waals surface area contributed by atoms with Crippen LogP contribution >= 0.6 is 11.6 Å². The first-order valence-corrected chi connectivity index (χ1v) is 5.40. The molecule has 17 heavy (non-hydrogen) atoms. The lowest BCUT2D eigenvalue weighted by atomic mass is 10.1. The molecule has 1 aliphatic heterocycles. The van der Waals surface area contributed by atoms with Crippen LogP contribution in [0.5, 0.6) is 0 Å². The zero-order valence-electron chi connectivity index (χ0n) is 8.71. The molecule has 94 valence electrons. The van der Waals surface area contributed by atoms with Gasteiger partial charge in [0.15, 0.2) is 6.10 Å². The van der Waals surface area contributed by atoms with Gasteiger partial charge in [-0.05, 0) is 6.07 Å². The summed E-state index contributed by atoms with van der Waals surface area (Å²) in [5.41, 5.74) is -0.0673. The molecular formula is C11H10ClF3O2. The van der Waals surface area contributed by atoms with E-state index in [4.69, 9.17) is 21.1 Å². The van der Waals surface area contributed by atoms with E-state index in [1.165, 1.54) is 18.2 Å². The SMILES string of the molecule is FC(F)(F)C(OCC1CO1)c1ccccc1Cl. The molecule has 6 heteroatoms. The molecule has 0 aromatic heterocycles. The van der Waals surface area contributed by atoms with E-state index in [1.54, 1.807) is 6.07 Å². The zero-order chi connectivity index (χ0) is 12.5. The summed E-state index contributed by atoms with van der Waals surface area (Å²) in [4.78, 5) is 0. The molecule has 2 nitrogen and oxygen atoms in total. The summed E-state index contributed by atoms with van der Waals surface area (Å²) >= 11 is 5.74. The summed E-state index contributed by atoms with van der Waals surface area (Å²) in [5, 5.41) is 0.0477. The molecular weight excluding hydrogens is 257 g/mol. The topological polar surface area (TPSA) is 21.8 Å². The lowest BCUT2D eigenvalue weighted by molar-refractivity contribution is -0.224. The smallest absolute Gasteiger partial charge is 0.371 e. The second kappa shape index (κ2) is 4.84. The molecule has 1 aromatic carbocycles. The Balaban J connectivity index is 2.16. The van der Waals surface area contributed by atoms with Crippen molar-refractivity contribution in [3.63, 3.8) is 0 Å². The Morgan fingerprint density at radius 1 is 1.41 bits per heavy atom. The largest absolute Gasteiger partial charge is 0.418 e. The molecule has 0 saturated carbocycles. The van der Waals surface area contributed by atoms with Gasteiger partial charge in [0.1, 0.15) is 6.10 Å². The van der Waals surface area contributed by atoms with Crippen molar-refractivity contribution < 1.29 is 22.6 Å². The number of ether oxygens (including phenoxy) is 2. The van der Waals surface area contributed by atoms with E-state index in [9.17, 15) is 13.2 Å². The highest BCUT2D eigenvalue weighted by Crippen LogP contribution is 2.39. The average molecular weight is 267 g/mol. The van der Waals surface area contributed by atoms with Crippen molar-refractivity contribution in [2.24, 2.45) is 0 Å². The van der Waals surface area contributed by atoms with E-state index < -0.39 is 12.3 Å². The van der Waals surface area contributed by atoms with Crippen LogP contribution in [-0.2, 0) is 9.47 Å². The molecule has 0 aliphatic carbocycles. The van der Waals surface area contributed by atoms with Crippen molar-refractivity contribution >= 4 is 11.6 Å². The van der Waals surface area contributed by atoms with Crippen molar-refractivity contribution in [2.45, 2.75) is 18.4 Å². The number of halogens is 4. The highest BCUT2D eigenvalue weighted by molar-refractivity contribution is 6.31. The van der Waals surface area contributed by atoms with Gasteiger partial charge in [0.05, 0.1) is 13.2 Å². The molecule has 1 heterocycles. The quantitative estimate of drug-likeness (QED) is 0.780. The fourth-order valence-corrected chi connectivity index (χ4v) is 1.65. The maximum atomic E-state index is 12.8. The van der Waals surface area contributed by atoms with Gasteiger partial charge in [-0.2, -0.15) is 13.2 Å². The molecule has 0 radical (unpaired) electrons. The van der Waals surface area contributed by atoms with Crippen molar-refractivity contribution in [2.75, 3.05) is 13.2 Å². The van der Waals surface area contributed by atoms with Crippen LogP contribution in [0.4, 0.5) is 13.2 Å². The summed E-state index contributed by atoms with van der Waals surface area (Å²) in [5.74, 6) is 0. The fourth-order valence-electron chi connectivity index (χ4n) is 1.42. The fraction of sp³-hybridized carbons (Fsp3) is 0.455. The predicted molar refractivity (Wildman–Crippen MR) is 55.9 cm³/mol. The number of hydrogen-bond acceptors (Lipinski definition) is 2. The van der Waals surface area contributed by atoms with E-state index >= 15 is 0 Å². The third kappa shape index (κ3) is 3.34. The highest BCUT2D eigenvalue weighted by atomic mass is 35.5. The molecule has 0 amide bonds. The van der Waals surface area contributed by atoms with Crippen LogP contribution < -0.4 is 0 Å². The Labute approximate surface area is 101 Å². The van der Waals surface area contributed by atoms with Gasteiger partial charge in [0.25, 0.3) is 0 Å². The second-order valence-corrected chi connectivity index (χ2v) is 4.14. The number of benzene rings is 1. The number of epoxide rings is 1. The minimum absolute atomic E-state index is 0.0477.